The van der Waals surface area contributed by atoms with Gasteiger partial charge in [-0.15, -0.1) is 0 Å². The number of rotatable bonds is 3. The third-order valence-corrected chi connectivity index (χ3v) is 3.25. The summed E-state index contributed by atoms with van der Waals surface area (Å²) in [4.78, 5) is 20.9. The zero-order valence-corrected chi connectivity index (χ0v) is 10.9. The van der Waals surface area contributed by atoms with Crippen LogP contribution >= 0.6 is 0 Å². The van der Waals surface area contributed by atoms with E-state index in [9.17, 15) is 4.79 Å². The first-order chi connectivity index (χ1) is 9.79. The van der Waals surface area contributed by atoms with E-state index in [4.69, 9.17) is 5.73 Å². The molecule has 100 valence electrons. The van der Waals surface area contributed by atoms with Crippen molar-refractivity contribution in [2.24, 2.45) is 5.73 Å². The number of nitrogens with zero attached hydrogens (tertiary/aromatic N) is 3. The van der Waals surface area contributed by atoms with Gasteiger partial charge in [0, 0.05) is 12.7 Å². The third kappa shape index (κ3) is 2.19. The minimum Gasteiger partial charge on any atom is -0.325 e. The van der Waals surface area contributed by atoms with Gasteiger partial charge in [0.25, 0.3) is 5.56 Å². The van der Waals surface area contributed by atoms with Crippen LogP contribution in [0.5, 0.6) is 0 Å². The zero-order valence-electron chi connectivity index (χ0n) is 10.9. The number of nitrogens with two attached hydrogens (primary N) is 1. The number of hydrogen-bond donors (Lipinski definition) is 1. The van der Waals surface area contributed by atoms with Crippen molar-refractivity contribution in [3.05, 3.63) is 70.5 Å². The van der Waals surface area contributed by atoms with Gasteiger partial charge < -0.3 is 5.73 Å². The predicted octanol–water partition coefficient (Wildman–Crippen LogP) is 1.30. The van der Waals surface area contributed by atoms with Crippen LogP contribution in [-0.4, -0.2) is 14.5 Å². The molecule has 0 fully saturated rings. The van der Waals surface area contributed by atoms with Gasteiger partial charge in [-0.1, -0.05) is 18.2 Å². The second-order valence-electron chi connectivity index (χ2n) is 4.51. The highest BCUT2D eigenvalue weighted by Gasteiger charge is 2.06. The maximum absolute atomic E-state index is 12.4. The quantitative estimate of drug-likeness (QED) is 0.775. The monoisotopic (exact) mass is 266 g/mol. The van der Waals surface area contributed by atoms with E-state index in [1.807, 2.05) is 30.3 Å². The summed E-state index contributed by atoms with van der Waals surface area (Å²) in [6, 6.07) is 11.1. The van der Waals surface area contributed by atoms with Crippen molar-refractivity contribution in [3.8, 4) is 0 Å². The fourth-order valence-electron chi connectivity index (χ4n) is 2.20. The molecule has 0 amide bonds. The Labute approximate surface area is 115 Å². The van der Waals surface area contributed by atoms with Crippen LogP contribution in [0.3, 0.4) is 0 Å². The van der Waals surface area contributed by atoms with Crippen LogP contribution in [0.4, 0.5) is 0 Å². The van der Waals surface area contributed by atoms with E-state index in [2.05, 4.69) is 9.97 Å². The van der Waals surface area contributed by atoms with Crippen molar-refractivity contribution in [2.45, 2.75) is 13.1 Å². The molecule has 0 spiro atoms. The van der Waals surface area contributed by atoms with Gasteiger partial charge in [-0.05, 0) is 23.8 Å². The Morgan fingerprint density at radius 2 is 1.95 bits per heavy atom. The Morgan fingerprint density at radius 3 is 2.80 bits per heavy atom. The number of aromatic nitrogens is 3. The topological polar surface area (TPSA) is 73.8 Å². The van der Waals surface area contributed by atoms with Gasteiger partial charge in [0.1, 0.15) is 0 Å². The van der Waals surface area contributed by atoms with Crippen molar-refractivity contribution in [1.29, 1.82) is 0 Å². The predicted molar refractivity (Wildman–Crippen MR) is 77.2 cm³/mol. The molecule has 2 aromatic heterocycles. The van der Waals surface area contributed by atoms with Crippen LogP contribution in [0.25, 0.3) is 10.9 Å². The smallest absolute Gasteiger partial charge is 0.261 e. The van der Waals surface area contributed by atoms with Crippen molar-refractivity contribution < 1.29 is 0 Å². The Kier molecular flexibility index (Phi) is 3.26. The summed E-state index contributed by atoms with van der Waals surface area (Å²) in [6.45, 7) is 0.781. The largest absolute Gasteiger partial charge is 0.325 e. The summed E-state index contributed by atoms with van der Waals surface area (Å²) < 4.78 is 1.58. The number of hydrogen-bond acceptors (Lipinski definition) is 4. The Bertz CT molecular complexity index is 810. The molecule has 0 saturated carbocycles. The van der Waals surface area contributed by atoms with Crippen LogP contribution < -0.4 is 11.3 Å². The Morgan fingerprint density at radius 1 is 1.10 bits per heavy atom. The summed E-state index contributed by atoms with van der Waals surface area (Å²) in [5.41, 5.74) is 8.06. The van der Waals surface area contributed by atoms with Crippen molar-refractivity contribution in [2.75, 3.05) is 0 Å². The molecule has 2 N–H and O–H groups in total. The number of fused-ring (bicyclic) bond motifs is 1. The van der Waals surface area contributed by atoms with Gasteiger partial charge in [-0.2, -0.15) is 0 Å². The second-order valence-corrected chi connectivity index (χ2v) is 4.51. The molecule has 2 heterocycles. The highest BCUT2D eigenvalue weighted by atomic mass is 16.1. The van der Waals surface area contributed by atoms with Crippen molar-refractivity contribution in [1.82, 2.24) is 14.5 Å². The summed E-state index contributed by atoms with van der Waals surface area (Å²) in [5.74, 6) is 0. The van der Waals surface area contributed by atoms with E-state index in [0.29, 0.717) is 24.0 Å². The first-order valence-electron chi connectivity index (χ1n) is 6.36. The summed E-state index contributed by atoms with van der Waals surface area (Å²) in [5, 5.41) is 0.619. The van der Waals surface area contributed by atoms with Crippen molar-refractivity contribution in [3.63, 3.8) is 0 Å². The first kappa shape index (κ1) is 12.5. The van der Waals surface area contributed by atoms with Crippen LogP contribution in [0.1, 0.15) is 11.3 Å². The molecule has 5 nitrogen and oxygen atoms in total. The van der Waals surface area contributed by atoms with Crippen LogP contribution in [0.15, 0.2) is 53.7 Å². The van der Waals surface area contributed by atoms with Gasteiger partial charge in [0.2, 0.25) is 0 Å². The fourth-order valence-corrected chi connectivity index (χ4v) is 2.20. The molecule has 5 heteroatoms. The van der Waals surface area contributed by atoms with E-state index in [1.54, 1.807) is 23.2 Å². The van der Waals surface area contributed by atoms with Crippen LogP contribution in [-0.2, 0) is 13.1 Å². The highest BCUT2D eigenvalue weighted by molar-refractivity contribution is 5.76. The Balaban J connectivity index is 2.07. The molecule has 20 heavy (non-hydrogen) atoms. The van der Waals surface area contributed by atoms with Gasteiger partial charge in [0.15, 0.2) is 0 Å². The maximum atomic E-state index is 12.4. The van der Waals surface area contributed by atoms with Gasteiger partial charge in [-0.25, -0.2) is 4.98 Å². The molecule has 0 atom stereocenters. The lowest BCUT2D eigenvalue weighted by atomic mass is 10.2. The molecule has 0 bridgehead atoms. The molecule has 3 aromatic rings. The molecule has 3 rings (SSSR count). The van der Waals surface area contributed by atoms with Crippen LogP contribution in [0, 0.1) is 0 Å². The second kappa shape index (κ2) is 5.22. The average Bonchev–Trinajstić information content (AvgIpc) is 2.51. The molecule has 0 saturated heterocycles. The molecule has 1 aromatic carbocycles. The standard InChI is InChI=1S/C15H14N4O/c16-8-14-11(4-3-7-17-14)9-19-10-18-13-6-2-1-5-12(13)15(19)20/h1-7,10H,8-9,16H2. The molecular weight excluding hydrogens is 252 g/mol. The van der Waals surface area contributed by atoms with E-state index in [-0.39, 0.29) is 5.56 Å². The lowest BCUT2D eigenvalue weighted by Gasteiger charge is -2.09. The van der Waals surface area contributed by atoms with Gasteiger partial charge >= 0.3 is 0 Å². The maximum Gasteiger partial charge on any atom is 0.261 e. The van der Waals surface area contributed by atoms with E-state index in [0.717, 1.165) is 11.3 Å². The molecule has 0 aliphatic carbocycles. The lowest BCUT2D eigenvalue weighted by molar-refractivity contribution is 0.733. The SMILES string of the molecule is NCc1ncccc1Cn1cnc2ccccc2c1=O. The van der Waals surface area contributed by atoms with E-state index >= 15 is 0 Å². The average molecular weight is 266 g/mol. The fraction of sp³-hybridized carbons (Fsp3) is 0.133. The van der Waals surface area contributed by atoms with Gasteiger partial charge in [-0.3, -0.25) is 14.3 Å². The minimum atomic E-state index is -0.0533. The summed E-state index contributed by atoms with van der Waals surface area (Å²) in [6.07, 6.45) is 3.27. The zero-order chi connectivity index (χ0) is 13.9. The summed E-state index contributed by atoms with van der Waals surface area (Å²) >= 11 is 0. The number of pyridine rings is 1. The molecule has 0 aliphatic rings. The number of para-hydroxylation sites is 1. The normalized spacial score (nSPS) is 10.8. The third-order valence-electron chi connectivity index (χ3n) is 3.25. The van der Waals surface area contributed by atoms with Gasteiger partial charge in [0.05, 0.1) is 29.5 Å². The summed E-state index contributed by atoms with van der Waals surface area (Å²) in [7, 11) is 0. The molecule has 0 radical (unpaired) electrons. The Hall–Kier alpha value is -2.53. The first-order valence-corrected chi connectivity index (χ1v) is 6.36. The van der Waals surface area contributed by atoms with Crippen LogP contribution in [0.2, 0.25) is 0 Å². The number of benzene rings is 1. The van der Waals surface area contributed by atoms with E-state index < -0.39 is 0 Å². The molecule has 0 aliphatic heterocycles. The lowest BCUT2D eigenvalue weighted by Crippen LogP contribution is -2.22. The molecule has 0 unspecified atom stereocenters. The minimum absolute atomic E-state index is 0.0533. The highest BCUT2D eigenvalue weighted by Crippen LogP contribution is 2.08. The molecular formula is C15H14N4O. The van der Waals surface area contributed by atoms with Crippen molar-refractivity contribution >= 4 is 10.9 Å². The van der Waals surface area contributed by atoms with E-state index in [1.165, 1.54) is 0 Å².